The first-order chi connectivity index (χ1) is 12.0. The molecule has 0 bridgehead atoms. The molecular formula is C18H10F8. The maximum atomic E-state index is 13.0. The maximum Gasteiger partial charge on any atom is 0.417 e. The standard InChI is InChI=1S/C18H10F8/c19-13-7-5-11(15(9-13)17(21,22)23)3-1-2-4-12-6-8-14(20)10-16(12)18(24,25)26/h1-10H/b3-1+,4-2+. The van der Waals surface area contributed by atoms with E-state index in [0.717, 1.165) is 48.6 Å². The van der Waals surface area contributed by atoms with Crippen molar-refractivity contribution in [1.82, 2.24) is 0 Å². The van der Waals surface area contributed by atoms with E-state index >= 15 is 0 Å². The molecule has 0 unspecified atom stereocenters. The highest BCUT2D eigenvalue weighted by molar-refractivity contribution is 5.61. The van der Waals surface area contributed by atoms with Gasteiger partial charge >= 0.3 is 12.4 Å². The first-order valence-electron chi connectivity index (χ1n) is 7.07. The average Bonchev–Trinajstić information content (AvgIpc) is 2.52. The van der Waals surface area contributed by atoms with Gasteiger partial charge in [-0.15, -0.1) is 0 Å². The van der Waals surface area contributed by atoms with Crippen LogP contribution in [-0.2, 0) is 12.4 Å². The highest BCUT2D eigenvalue weighted by atomic mass is 19.4. The molecule has 0 amide bonds. The summed E-state index contributed by atoms with van der Waals surface area (Å²) in [7, 11) is 0. The molecule has 0 heterocycles. The molecule has 2 rings (SSSR count). The summed E-state index contributed by atoms with van der Waals surface area (Å²) in [6.45, 7) is 0. The van der Waals surface area contributed by atoms with Gasteiger partial charge in [-0.2, -0.15) is 26.3 Å². The number of hydrogen-bond acceptors (Lipinski definition) is 0. The molecule has 2 aromatic rings. The Kier molecular flexibility index (Phi) is 5.53. The van der Waals surface area contributed by atoms with E-state index in [1.54, 1.807) is 0 Å². The molecule has 0 nitrogen and oxygen atoms in total. The first-order valence-corrected chi connectivity index (χ1v) is 7.07. The molecule has 0 atom stereocenters. The summed E-state index contributed by atoms with van der Waals surface area (Å²) < 4.78 is 103. The second-order valence-electron chi connectivity index (χ2n) is 5.18. The summed E-state index contributed by atoms with van der Waals surface area (Å²) in [6.07, 6.45) is -5.46. The fourth-order valence-corrected chi connectivity index (χ4v) is 2.16. The van der Waals surface area contributed by atoms with E-state index in [9.17, 15) is 35.1 Å². The van der Waals surface area contributed by atoms with Crippen LogP contribution in [0.25, 0.3) is 12.2 Å². The summed E-state index contributed by atoms with van der Waals surface area (Å²) in [6, 6.07) is 4.13. The second kappa shape index (κ2) is 7.31. The summed E-state index contributed by atoms with van der Waals surface area (Å²) in [5.74, 6) is -2.13. The van der Waals surface area contributed by atoms with Gasteiger partial charge in [0.1, 0.15) is 11.6 Å². The van der Waals surface area contributed by atoms with Gasteiger partial charge < -0.3 is 0 Å². The second-order valence-corrected chi connectivity index (χ2v) is 5.18. The molecule has 0 saturated heterocycles. The number of benzene rings is 2. The Bertz CT molecular complexity index is 770. The lowest BCUT2D eigenvalue weighted by Crippen LogP contribution is -2.08. The lowest BCUT2D eigenvalue weighted by Gasteiger charge is -2.10. The molecular weight excluding hydrogens is 368 g/mol. The van der Waals surface area contributed by atoms with Gasteiger partial charge in [0.25, 0.3) is 0 Å². The van der Waals surface area contributed by atoms with E-state index in [4.69, 9.17) is 0 Å². The van der Waals surface area contributed by atoms with Crippen molar-refractivity contribution in [3.8, 4) is 0 Å². The van der Waals surface area contributed by atoms with Gasteiger partial charge in [0.05, 0.1) is 11.1 Å². The minimum absolute atomic E-state index is 0.325. The van der Waals surface area contributed by atoms with Crippen molar-refractivity contribution < 1.29 is 35.1 Å². The van der Waals surface area contributed by atoms with Crippen LogP contribution in [0.5, 0.6) is 0 Å². The van der Waals surface area contributed by atoms with Crippen LogP contribution < -0.4 is 0 Å². The number of hydrogen-bond donors (Lipinski definition) is 0. The van der Waals surface area contributed by atoms with Crippen molar-refractivity contribution in [1.29, 1.82) is 0 Å². The van der Waals surface area contributed by atoms with Gasteiger partial charge in [-0.25, -0.2) is 8.78 Å². The lowest BCUT2D eigenvalue weighted by molar-refractivity contribution is -0.138. The van der Waals surface area contributed by atoms with E-state index in [2.05, 4.69) is 0 Å². The normalized spacial score (nSPS) is 13.1. The topological polar surface area (TPSA) is 0 Å². The third-order valence-electron chi connectivity index (χ3n) is 3.30. The van der Waals surface area contributed by atoms with Crippen LogP contribution in [0.3, 0.4) is 0 Å². The van der Waals surface area contributed by atoms with E-state index in [1.165, 1.54) is 0 Å². The van der Waals surface area contributed by atoms with Crippen molar-refractivity contribution in [2.75, 3.05) is 0 Å². The zero-order chi connectivity index (χ0) is 19.5. The average molecular weight is 378 g/mol. The third-order valence-corrected chi connectivity index (χ3v) is 3.30. The molecule has 0 aromatic heterocycles. The zero-order valence-corrected chi connectivity index (χ0v) is 12.8. The van der Waals surface area contributed by atoms with E-state index < -0.39 is 35.1 Å². The fourth-order valence-electron chi connectivity index (χ4n) is 2.16. The number of allylic oxidation sites excluding steroid dienone is 2. The molecule has 0 radical (unpaired) electrons. The van der Waals surface area contributed by atoms with Crippen molar-refractivity contribution in [2.45, 2.75) is 12.4 Å². The number of rotatable bonds is 3. The lowest BCUT2D eigenvalue weighted by atomic mass is 10.0. The van der Waals surface area contributed by atoms with Crippen LogP contribution in [0, 0.1) is 11.6 Å². The summed E-state index contributed by atoms with van der Waals surface area (Å²) in [5, 5.41) is 0. The van der Waals surface area contributed by atoms with Crippen LogP contribution >= 0.6 is 0 Å². The van der Waals surface area contributed by atoms with Crippen LogP contribution in [0.15, 0.2) is 48.6 Å². The Morgan fingerprint density at radius 3 is 1.23 bits per heavy atom. The first kappa shape index (κ1) is 19.7. The van der Waals surface area contributed by atoms with Crippen LogP contribution in [0.2, 0.25) is 0 Å². The maximum absolute atomic E-state index is 13.0. The smallest absolute Gasteiger partial charge is 0.207 e. The largest absolute Gasteiger partial charge is 0.417 e. The van der Waals surface area contributed by atoms with Gasteiger partial charge in [0, 0.05) is 0 Å². The molecule has 2 aromatic carbocycles. The molecule has 0 saturated carbocycles. The quantitative estimate of drug-likeness (QED) is 0.410. The summed E-state index contributed by atoms with van der Waals surface area (Å²) in [4.78, 5) is 0. The van der Waals surface area contributed by atoms with Crippen molar-refractivity contribution in [2.24, 2.45) is 0 Å². The number of halogens is 8. The summed E-state index contributed by atoms with van der Waals surface area (Å²) in [5.41, 5.74) is -3.11. The molecule has 0 N–H and O–H groups in total. The van der Waals surface area contributed by atoms with Crippen LogP contribution in [0.1, 0.15) is 22.3 Å². The van der Waals surface area contributed by atoms with Gasteiger partial charge in [-0.1, -0.05) is 36.4 Å². The minimum Gasteiger partial charge on any atom is -0.207 e. The van der Waals surface area contributed by atoms with Crippen molar-refractivity contribution in [3.05, 3.63) is 82.4 Å². The highest BCUT2D eigenvalue weighted by Gasteiger charge is 2.34. The Balaban J connectivity index is 2.31. The predicted octanol–water partition coefficient (Wildman–Crippen LogP) is 6.73. The molecule has 0 aliphatic rings. The van der Waals surface area contributed by atoms with Crippen LogP contribution in [0.4, 0.5) is 35.1 Å². The summed E-state index contributed by atoms with van der Waals surface area (Å²) >= 11 is 0. The van der Waals surface area contributed by atoms with E-state index in [0.29, 0.717) is 12.1 Å². The van der Waals surface area contributed by atoms with E-state index in [1.807, 2.05) is 0 Å². The zero-order valence-electron chi connectivity index (χ0n) is 12.8. The molecule has 26 heavy (non-hydrogen) atoms. The van der Waals surface area contributed by atoms with Gasteiger partial charge in [0.2, 0.25) is 0 Å². The Morgan fingerprint density at radius 1 is 0.577 bits per heavy atom. The monoisotopic (exact) mass is 378 g/mol. The minimum atomic E-state index is -4.79. The van der Waals surface area contributed by atoms with Gasteiger partial charge in [0.15, 0.2) is 0 Å². The molecule has 0 aliphatic heterocycles. The fraction of sp³-hybridized carbons (Fsp3) is 0.111. The van der Waals surface area contributed by atoms with Crippen molar-refractivity contribution in [3.63, 3.8) is 0 Å². The Hall–Kier alpha value is -2.64. The highest BCUT2D eigenvalue weighted by Crippen LogP contribution is 2.34. The van der Waals surface area contributed by atoms with E-state index in [-0.39, 0.29) is 11.1 Å². The molecule has 0 fully saturated rings. The molecule has 8 heteroatoms. The van der Waals surface area contributed by atoms with Crippen molar-refractivity contribution >= 4 is 12.2 Å². The number of alkyl halides is 6. The van der Waals surface area contributed by atoms with Gasteiger partial charge in [-0.3, -0.25) is 0 Å². The molecule has 0 aliphatic carbocycles. The molecule has 0 spiro atoms. The van der Waals surface area contributed by atoms with Crippen LogP contribution in [-0.4, -0.2) is 0 Å². The molecule has 138 valence electrons. The third kappa shape index (κ3) is 4.93. The SMILES string of the molecule is Fc1ccc(/C=C/C=C/c2ccc(F)cc2C(F)(F)F)c(C(F)(F)F)c1. The Morgan fingerprint density at radius 2 is 0.923 bits per heavy atom. The van der Waals surface area contributed by atoms with Gasteiger partial charge in [-0.05, 0) is 35.4 Å². The Labute approximate surface area is 143 Å². The predicted molar refractivity (Wildman–Crippen MR) is 80.9 cm³/mol.